The van der Waals surface area contributed by atoms with Crippen molar-refractivity contribution in [3.63, 3.8) is 0 Å². The van der Waals surface area contributed by atoms with Gasteiger partial charge in [-0.3, -0.25) is 0 Å². The summed E-state index contributed by atoms with van der Waals surface area (Å²) in [6.45, 7) is 5.78. The van der Waals surface area contributed by atoms with E-state index in [4.69, 9.17) is 10.2 Å². The van der Waals surface area contributed by atoms with Crippen LogP contribution in [0.3, 0.4) is 0 Å². The summed E-state index contributed by atoms with van der Waals surface area (Å²) in [5.41, 5.74) is 0. The summed E-state index contributed by atoms with van der Waals surface area (Å²) in [5, 5.41) is 17.7. The van der Waals surface area contributed by atoms with Crippen molar-refractivity contribution < 1.29 is 10.2 Å². The van der Waals surface area contributed by atoms with Crippen molar-refractivity contribution in [3.05, 3.63) is 0 Å². The first-order valence-corrected chi connectivity index (χ1v) is 3.38. The van der Waals surface area contributed by atoms with Gasteiger partial charge in [0, 0.05) is 12.5 Å². The van der Waals surface area contributed by atoms with Crippen LogP contribution in [0.1, 0.15) is 20.8 Å². The summed E-state index contributed by atoms with van der Waals surface area (Å²) >= 11 is 0. The van der Waals surface area contributed by atoms with Crippen LogP contribution in [0.25, 0.3) is 0 Å². The van der Waals surface area contributed by atoms with E-state index in [2.05, 4.69) is 0 Å². The summed E-state index contributed by atoms with van der Waals surface area (Å²) in [6.07, 6.45) is -0.394. The average molecular weight is 132 g/mol. The van der Waals surface area contributed by atoms with Gasteiger partial charge in [-0.15, -0.1) is 0 Å². The first kappa shape index (κ1) is 8.92. The minimum atomic E-state index is -0.394. The average Bonchev–Trinajstić information content (AvgIpc) is 1.64. The van der Waals surface area contributed by atoms with Gasteiger partial charge in [-0.25, -0.2) is 0 Å². The van der Waals surface area contributed by atoms with E-state index in [0.717, 1.165) is 0 Å². The summed E-state index contributed by atoms with van der Waals surface area (Å²) in [6, 6.07) is 0. The fraction of sp³-hybridized carbons (Fsp3) is 1.00. The first-order chi connectivity index (χ1) is 4.09. The van der Waals surface area contributed by atoms with Gasteiger partial charge in [-0.1, -0.05) is 13.8 Å². The Balaban J connectivity index is 3.68. The molecule has 2 heteroatoms. The highest BCUT2D eigenvalue weighted by atomic mass is 16.3. The van der Waals surface area contributed by atoms with Crippen molar-refractivity contribution in [2.45, 2.75) is 26.9 Å². The van der Waals surface area contributed by atoms with Gasteiger partial charge in [0.05, 0.1) is 6.10 Å². The van der Waals surface area contributed by atoms with E-state index in [1.54, 1.807) is 6.92 Å². The normalized spacial score (nSPS) is 18.0. The van der Waals surface area contributed by atoms with Gasteiger partial charge in [0.15, 0.2) is 0 Å². The molecule has 0 aliphatic heterocycles. The summed E-state index contributed by atoms with van der Waals surface area (Å²) < 4.78 is 0. The second-order valence-corrected chi connectivity index (χ2v) is 2.83. The SMILES string of the molecule is CC(C)C(CO)[C@@H](C)O. The molecule has 2 atom stereocenters. The van der Waals surface area contributed by atoms with Gasteiger partial charge in [0.25, 0.3) is 0 Å². The predicted octanol–water partition coefficient (Wildman–Crippen LogP) is 0.632. The van der Waals surface area contributed by atoms with Gasteiger partial charge in [0.1, 0.15) is 0 Å². The molecule has 0 saturated carbocycles. The van der Waals surface area contributed by atoms with Gasteiger partial charge in [-0.05, 0) is 12.8 Å². The lowest BCUT2D eigenvalue weighted by molar-refractivity contribution is 0.0542. The van der Waals surface area contributed by atoms with E-state index in [9.17, 15) is 0 Å². The smallest absolute Gasteiger partial charge is 0.0564 e. The van der Waals surface area contributed by atoms with Crippen LogP contribution in [0, 0.1) is 11.8 Å². The molecule has 0 spiro atoms. The molecule has 0 bridgehead atoms. The second kappa shape index (κ2) is 3.85. The molecule has 0 rings (SSSR count). The molecular formula is C7H16O2. The molecule has 0 aromatic rings. The molecule has 2 N–H and O–H groups in total. The molecule has 56 valence electrons. The molecule has 1 unspecified atom stereocenters. The van der Waals surface area contributed by atoms with E-state index in [1.165, 1.54) is 0 Å². The number of hydrogen-bond donors (Lipinski definition) is 2. The van der Waals surface area contributed by atoms with Crippen molar-refractivity contribution in [1.82, 2.24) is 0 Å². The third-order valence-corrected chi connectivity index (χ3v) is 1.69. The minimum absolute atomic E-state index is 0.0324. The van der Waals surface area contributed by atoms with E-state index in [0.29, 0.717) is 5.92 Å². The van der Waals surface area contributed by atoms with E-state index in [1.807, 2.05) is 13.8 Å². The van der Waals surface area contributed by atoms with Gasteiger partial charge in [-0.2, -0.15) is 0 Å². The van der Waals surface area contributed by atoms with Crippen LogP contribution in [0.15, 0.2) is 0 Å². The zero-order chi connectivity index (χ0) is 7.44. The van der Waals surface area contributed by atoms with E-state index in [-0.39, 0.29) is 12.5 Å². The highest BCUT2D eigenvalue weighted by molar-refractivity contribution is 4.66. The maximum Gasteiger partial charge on any atom is 0.0564 e. The molecule has 0 aliphatic rings. The van der Waals surface area contributed by atoms with Crippen LogP contribution in [-0.2, 0) is 0 Å². The highest BCUT2D eigenvalue weighted by Crippen LogP contribution is 2.13. The molecular weight excluding hydrogens is 116 g/mol. The Hall–Kier alpha value is -0.0800. The molecule has 9 heavy (non-hydrogen) atoms. The monoisotopic (exact) mass is 132 g/mol. The Morgan fingerprint density at radius 2 is 1.67 bits per heavy atom. The largest absolute Gasteiger partial charge is 0.396 e. The third kappa shape index (κ3) is 2.82. The molecule has 0 radical (unpaired) electrons. The third-order valence-electron chi connectivity index (χ3n) is 1.69. The van der Waals surface area contributed by atoms with Gasteiger partial charge in [0.2, 0.25) is 0 Å². The van der Waals surface area contributed by atoms with Crippen molar-refractivity contribution in [3.8, 4) is 0 Å². The maximum atomic E-state index is 9.02. The Bertz CT molecular complexity index is 61.3. The van der Waals surface area contributed by atoms with Crippen molar-refractivity contribution in [2.75, 3.05) is 6.61 Å². The summed E-state index contributed by atoms with van der Waals surface area (Å²) in [5.74, 6) is 0.389. The Morgan fingerprint density at radius 1 is 1.22 bits per heavy atom. The quantitative estimate of drug-likeness (QED) is 0.591. The first-order valence-electron chi connectivity index (χ1n) is 3.38. The van der Waals surface area contributed by atoms with Gasteiger partial charge >= 0.3 is 0 Å². The van der Waals surface area contributed by atoms with E-state index < -0.39 is 6.10 Å². The Morgan fingerprint density at radius 3 is 1.67 bits per heavy atom. The fourth-order valence-corrected chi connectivity index (χ4v) is 0.920. The second-order valence-electron chi connectivity index (χ2n) is 2.83. The molecule has 0 heterocycles. The van der Waals surface area contributed by atoms with Crippen LogP contribution in [0.4, 0.5) is 0 Å². The predicted molar refractivity (Wildman–Crippen MR) is 37.1 cm³/mol. The number of aliphatic hydroxyl groups is 2. The van der Waals surface area contributed by atoms with Crippen molar-refractivity contribution >= 4 is 0 Å². The summed E-state index contributed by atoms with van der Waals surface area (Å²) in [4.78, 5) is 0. The van der Waals surface area contributed by atoms with Crippen LogP contribution in [0.5, 0.6) is 0 Å². The molecule has 0 saturated heterocycles. The Labute approximate surface area is 56.5 Å². The van der Waals surface area contributed by atoms with Crippen LogP contribution in [-0.4, -0.2) is 22.9 Å². The zero-order valence-corrected chi connectivity index (χ0v) is 6.33. The lowest BCUT2D eigenvalue weighted by atomic mass is 9.92. The number of rotatable bonds is 3. The number of hydrogen-bond acceptors (Lipinski definition) is 2. The topological polar surface area (TPSA) is 40.5 Å². The molecule has 0 fully saturated rings. The lowest BCUT2D eigenvalue weighted by Gasteiger charge is -2.20. The fourth-order valence-electron chi connectivity index (χ4n) is 0.920. The molecule has 0 aliphatic carbocycles. The molecule has 2 nitrogen and oxygen atoms in total. The van der Waals surface area contributed by atoms with Crippen LogP contribution < -0.4 is 0 Å². The standard InChI is InChI=1S/C7H16O2/c1-5(2)7(4-8)6(3)9/h5-9H,4H2,1-3H3/t6-,7?/m1/s1. The van der Waals surface area contributed by atoms with Gasteiger partial charge < -0.3 is 10.2 Å². The maximum absolute atomic E-state index is 9.02. The van der Waals surface area contributed by atoms with E-state index >= 15 is 0 Å². The van der Waals surface area contributed by atoms with Crippen molar-refractivity contribution in [2.24, 2.45) is 11.8 Å². The Kier molecular flexibility index (Phi) is 3.82. The van der Waals surface area contributed by atoms with Crippen LogP contribution in [0.2, 0.25) is 0 Å². The molecule has 0 amide bonds. The lowest BCUT2D eigenvalue weighted by Crippen LogP contribution is -2.25. The minimum Gasteiger partial charge on any atom is -0.396 e. The molecule has 0 aromatic heterocycles. The van der Waals surface area contributed by atoms with Crippen LogP contribution >= 0.6 is 0 Å². The van der Waals surface area contributed by atoms with Crippen molar-refractivity contribution in [1.29, 1.82) is 0 Å². The molecule has 0 aromatic carbocycles. The number of aliphatic hydroxyl groups excluding tert-OH is 2. The zero-order valence-electron chi connectivity index (χ0n) is 6.33. The summed E-state index contributed by atoms with van der Waals surface area (Å²) in [7, 11) is 0. The highest BCUT2D eigenvalue weighted by Gasteiger charge is 2.16.